The topological polar surface area (TPSA) is 101 Å². The molecule has 0 unspecified atom stereocenters. The van der Waals surface area contributed by atoms with Crippen molar-refractivity contribution in [3.8, 4) is 11.1 Å². The third kappa shape index (κ3) is 3.10. The molecule has 0 radical (unpaired) electrons. The van der Waals surface area contributed by atoms with Crippen LogP contribution in [-0.2, 0) is 10.2 Å². The average molecular weight is 446 g/mol. The molecule has 32 heavy (non-hydrogen) atoms. The Kier molecular flexibility index (Phi) is 4.65. The molecule has 0 atom stereocenters. The van der Waals surface area contributed by atoms with Crippen molar-refractivity contribution in [2.75, 3.05) is 14.1 Å². The number of rotatable bonds is 5. The Hall–Kier alpha value is -3.82. The van der Waals surface area contributed by atoms with E-state index in [0.717, 1.165) is 15.4 Å². The van der Waals surface area contributed by atoms with Crippen molar-refractivity contribution in [1.82, 2.24) is 23.2 Å². The quantitative estimate of drug-likeness (QED) is 0.418. The van der Waals surface area contributed by atoms with Gasteiger partial charge in [-0.2, -0.15) is 12.7 Å². The molecule has 0 aliphatic heterocycles. The summed E-state index contributed by atoms with van der Waals surface area (Å²) >= 11 is 0. The maximum absolute atomic E-state index is 13.5. The van der Waals surface area contributed by atoms with Gasteiger partial charge in [0, 0.05) is 78.1 Å². The van der Waals surface area contributed by atoms with Gasteiger partial charge in [-0.3, -0.25) is 9.78 Å². The molecular weight excluding hydrogens is 426 g/mol. The lowest BCUT2D eigenvalue weighted by atomic mass is 9.99. The van der Waals surface area contributed by atoms with Gasteiger partial charge >= 0.3 is 10.2 Å². The second-order valence-corrected chi connectivity index (χ2v) is 9.55. The summed E-state index contributed by atoms with van der Waals surface area (Å²) in [6.45, 7) is 0. The van der Waals surface area contributed by atoms with Gasteiger partial charge in [0.25, 0.3) is 0 Å². The molecule has 0 saturated heterocycles. The van der Waals surface area contributed by atoms with Crippen LogP contribution in [0.15, 0.2) is 73.4 Å². The Labute approximate surface area is 184 Å². The van der Waals surface area contributed by atoms with Crippen LogP contribution in [0.25, 0.3) is 33.1 Å². The molecule has 0 amide bonds. The fourth-order valence-electron chi connectivity index (χ4n) is 3.75. The van der Waals surface area contributed by atoms with Gasteiger partial charge in [0.1, 0.15) is 5.65 Å². The Morgan fingerprint density at radius 3 is 2.59 bits per heavy atom. The minimum absolute atomic E-state index is 0.216. The molecule has 0 saturated carbocycles. The summed E-state index contributed by atoms with van der Waals surface area (Å²) in [5, 5.41) is 1.25. The second kappa shape index (κ2) is 7.40. The van der Waals surface area contributed by atoms with Crippen LogP contribution in [0.3, 0.4) is 0 Å². The Balaban J connectivity index is 1.64. The Morgan fingerprint density at radius 2 is 1.84 bits per heavy atom. The second-order valence-electron chi connectivity index (χ2n) is 7.53. The highest BCUT2D eigenvalue weighted by molar-refractivity contribution is 7.87. The van der Waals surface area contributed by atoms with E-state index < -0.39 is 10.2 Å². The number of pyridine rings is 2. The smallest absolute Gasteiger partial charge is 0.307 e. The van der Waals surface area contributed by atoms with Gasteiger partial charge in [-0.1, -0.05) is 18.2 Å². The fraction of sp³-hybridized carbons (Fsp3) is 0.0870. The number of carbonyl (C=O) groups is 1. The van der Waals surface area contributed by atoms with Crippen LogP contribution >= 0.6 is 0 Å². The molecule has 160 valence electrons. The van der Waals surface area contributed by atoms with Crippen LogP contribution in [0.2, 0.25) is 0 Å². The van der Waals surface area contributed by atoms with Gasteiger partial charge in [-0.05, 0) is 24.3 Å². The van der Waals surface area contributed by atoms with Crippen LogP contribution in [-0.4, -0.2) is 51.5 Å². The number of aromatic nitrogens is 4. The molecule has 0 bridgehead atoms. The van der Waals surface area contributed by atoms with Gasteiger partial charge in [-0.15, -0.1) is 0 Å². The molecule has 8 nitrogen and oxygen atoms in total. The van der Waals surface area contributed by atoms with E-state index in [9.17, 15) is 13.2 Å². The van der Waals surface area contributed by atoms with Crippen LogP contribution < -0.4 is 0 Å². The fourth-order valence-corrected chi connectivity index (χ4v) is 4.72. The largest absolute Gasteiger partial charge is 0.345 e. The van der Waals surface area contributed by atoms with Crippen molar-refractivity contribution < 1.29 is 13.2 Å². The lowest BCUT2D eigenvalue weighted by Gasteiger charge is -2.13. The monoisotopic (exact) mass is 445 g/mol. The molecule has 4 heterocycles. The number of carbonyl (C=O) groups excluding carboxylic acids is 1. The summed E-state index contributed by atoms with van der Waals surface area (Å²) in [6, 6.07) is 12.4. The SMILES string of the molecule is CN(C)S(=O)(=O)n1ccc2c(C(=O)c3c[nH]c4ncc(-c5cccnc5)cc34)cccc21. The van der Waals surface area contributed by atoms with Gasteiger partial charge in [-0.25, -0.2) is 8.96 Å². The number of aromatic amines is 1. The summed E-state index contributed by atoms with van der Waals surface area (Å²) in [4.78, 5) is 25.2. The molecule has 0 aliphatic carbocycles. The molecule has 5 rings (SSSR count). The standard InChI is InChI=1S/C23H19N5O3S/c1-27(2)32(30,31)28-10-8-17-18(6-3-7-21(17)28)22(29)20-14-26-23-19(20)11-16(13-25-23)15-5-4-9-24-12-15/h3-14H,1-2H3,(H,25,26). The minimum atomic E-state index is -3.71. The first-order valence-electron chi connectivity index (χ1n) is 9.83. The highest BCUT2D eigenvalue weighted by Crippen LogP contribution is 2.29. The third-order valence-corrected chi connectivity index (χ3v) is 7.16. The van der Waals surface area contributed by atoms with E-state index in [4.69, 9.17) is 0 Å². The molecular formula is C23H19N5O3S. The molecule has 1 N–H and O–H groups in total. The number of fused-ring (bicyclic) bond motifs is 2. The summed E-state index contributed by atoms with van der Waals surface area (Å²) in [5.41, 5.74) is 3.67. The predicted molar refractivity (Wildman–Crippen MR) is 123 cm³/mol. The summed E-state index contributed by atoms with van der Waals surface area (Å²) in [5.74, 6) is -0.216. The van der Waals surface area contributed by atoms with Crippen LogP contribution in [0, 0.1) is 0 Å². The third-order valence-electron chi connectivity index (χ3n) is 5.42. The zero-order chi connectivity index (χ0) is 22.5. The number of ketones is 1. The zero-order valence-electron chi connectivity index (χ0n) is 17.4. The van der Waals surface area contributed by atoms with Gasteiger partial charge < -0.3 is 4.98 Å². The van der Waals surface area contributed by atoms with Crippen molar-refractivity contribution >= 4 is 37.9 Å². The summed E-state index contributed by atoms with van der Waals surface area (Å²) in [6.07, 6.45) is 8.28. The van der Waals surface area contributed by atoms with Crippen molar-refractivity contribution in [2.45, 2.75) is 0 Å². The van der Waals surface area contributed by atoms with E-state index >= 15 is 0 Å². The predicted octanol–water partition coefficient (Wildman–Crippen LogP) is 3.47. The highest BCUT2D eigenvalue weighted by Gasteiger charge is 2.22. The van der Waals surface area contributed by atoms with E-state index in [1.165, 1.54) is 24.3 Å². The van der Waals surface area contributed by atoms with Gasteiger partial charge in [0.15, 0.2) is 5.78 Å². The van der Waals surface area contributed by atoms with Gasteiger partial charge in [0.05, 0.1) is 5.52 Å². The van der Waals surface area contributed by atoms with Crippen LogP contribution in [0.5, 0.6) is 0 Å². The Morgan fingerprint density at radius 1 is 1.00 bits per heavy atom. The normalized spacial score (nSPS) is 12.1. The lowest BCUT2D eigenvalue weighted by molar-refractivity contribution is 0.104. The zero-order valence-corrected chi connectivity index (χ0v) is 18.2. The van der Waals surface area contributed by atoms with E-state index in [1.807, 2.05) is 18.2 Å². The molecule has 5 aromatic rings. The van der Waals surface area contributed by atoms with E-state index in [0.29, 0.717) is 33.1 Å². The first-order chi connectivity index (χ1) is 15.4. The molecule has 0 fully saturated rings. The maximum Gasteiger partial charge on any atom is 0.307 e. The molecule has 9 heteroatoms. The lowest BCUT2D eigenvalue weighted by Crippen LogP contribution is -2.28. The number of hydrogen-bond acceptors (Lipinski definition) is 5. The van der Waals surface area contributed by atoms with Crippen molar-refractivity contribution in [3.05, 3.63) is 84.6 Å². The first kappa shape index (κ1) is 20.1. The summed E-state index contributed by atoms with van der Waals surface area (Å²) in [7, 11) is -0.776. The van der Waals surface area contributed by atoms with Crippen LogP contribution in [0.4, 0.5) is 0 Å². The number of nitrogens with zero attached hydrogens (tertiary/aromatic N) is 4. The van der Waals surface area contributed by atoms with E-state index in [2.05, 4.69) is 15.0 Å². The van der Waals surface area contributed by atoms with E-state index in [1.54, 1.807) is 49.1 Å². The van der Waals surface area contributed by atoms with Crippen molar-refractivity contribution in [2.24, 2.45) is 0 Å². The first-order valence-corrected chi connectivity index (χ1v) is 11.2. The van der Waals surface area contributed by atoms with Gasteiger partial charge in [0.2, 0.25) is 0 Å². The van der Waals surface area contributed by atoms with E-state index in [-0.39, 0.29) is 5.78 Å². The highest BCUT2D eigenvalue weighted by atomic mass is 32.2. The minimum Gasteiger partial charge on any atom is -0.345 e. The molecule has 4 aromatic heterocycles. The number of H-pyrrole nitrogens is 1. The molecule has 0 aliphatic rings. The number of hydrogen-bond donors (Lipinski definition) is 1. The van der Waals surface area contributed by atoms with Crippen LogP contribution in [0.1, 0.15) is 15.9 Å². The van der Waals surface area contributed by atoms with Crippen molar-refractivity contribution in [3.63, 3.8) is 0 Å². The number of nitrogens with one attached hydrogen (secondary N) is 1. The maximum atomic E-state index is 13.5. The number of benzene rings is 1. The van der Waals surface area contributed by atoms with Crippen molar-refractivity contribution in [1.29, 1.82) is 0 Å². The molecule has 0 spiro atoms. The Bertz CT molecular complexity index is 1580. The summed E-state index contributed by atoms with van der Waals surface area (Å²) < 4.78 is 27.6. The average Bonchev–Trinajstić information content (AvgIpc) is 3.43. The molecule has 1 aromatic carbocycles.